The second-order valence-electron chi connectivity index (χ2n) is 6.94. The first-order valence-electron chi connectivity index (χ1n) is 9.31. The first-order chi connectivity index (χ1) is 14.9. The number of benzene rings is 3. The van der Waals surface area contributed by atoms with Gasteiger partial charge in [-0.3, -0.25) is 4.79 Å². The number of hydrogen-bond acceptors (Lipinski definition) is 6. The molecular formula is C22H18N4O5. The van der Waals surface area contributed by atoms with E-state index in [4.69, 9.17) is 5.11 Å². The van der Waals surface area contributed by atoms with Crippen molar-refractivity contribution in [2.45, 2.75) is 12.8 Å². The predicted octanol–water partition coefficient (Wildman–Crippen LogP) is 2.30. The summed E-state index contributed by atoms with van der Waals surface area (Å²) in [6.45, 7) is 0.218. The number of aromatic carboxylic acids is 1. The smallest absolute Gasteiger partial charge is 0.335 e. The number of phenolic OH excluding ortho intramolecular Hbond substituents is 1. The minimum absolute atomic E-state index is 0.0980. The summed E-state index contributed by atoms with van der Waals surface area (Å²) in [5, 5.41) is 41.6. The molecule has 0 aliphatic carbocycles. The second kappa shape index (κ2) is 8.25. The third-order valence-electron chi connectivity index (χ3n) is 4.90. The van der Waals surface area contributed by atoms with E-state index in [1.54, 1.807) is 28.8 Å². The topological polar surface area (TPSA) is 138 Å². The Bertz CT molecular complexity index is 1250. The third kappa shape index (κ3) is 4.21. The van der Waals surface area contributed by atoms with Crippen molar-refractivity contribution in [1.82, 2.24) is 20.1 Å². The molecule has 9 nitrogen and oxygen atoms in total. The molecule has 1 amide bonds. The number of carboxylic acid groups (broad SMARTS) is 1. The number of nitrogens with zero attached hydrogens (tertiary/aromatic N) is 3. The summed E-state index contributed by atoms with van der Waals surface area (Å²) < 4.78 is 1.61. The standard InChI is InChI=1S/C22H18N4O5/c27-19-9-15-5-6-16(21(29)23-10-26-11-24-25-12-26)7-17(15)8-18(19)20(28)13-1-3-14(4-2-13)22(30)31/h1-9,11-12,20,27-28H,10H2,(H,23,29)(H,30,31). The number of carbonyl (C=O) groups excluding carboxylic acids is 1. The lowest BCUT2D eigenvalue weighted by Crippen LogP contribution is -2.25. The molecule has 0 aliphatic rings. The Hall–Kier alpha value is -4.24. The molecule has 1 atom stereocenters. The number of aromatic nitrogens is 3. The zero-order valence-electron chi connectivity index (χ0n) is 16.1. The highest BCUT2D eigenvalue weighted by molar-refractivity contribution is 5.99. The van der Waals surface area contributed by atoms with Crippen LogP contribution in [0.5, 0.6) is 5.75 Å². The summed E-state index contributed by atoms with van der Waals surface area (Å²) in [6.07, 6.45) is 1.80. The fourth-order valence-corrected chi connectivity index (χ4v) is 3.22. The molecule has 0 spiro atoms. The Morgan fingerprint density at radius 2 is 1.61 bits per heavy atom. The van der Waals surface area contributed by atoms with E-state index in [-0.39, 0.29) is 29.5 Å². The van der Waals surface area contributed by atoms with Crippen LogP contribution in [-0.4, -0.2) is 42.0 Å². The number of carbonyl (C=O) groups is 2. The molecule has 1 unspecified atom stereocenters. The second-order valence-corrected chi connectivity index (χ2v) is 6.94. The minimum atomic E-state index is -1.17. The number of nitrogens with one attached hydrogen (secondary N) is 1. The van der Waals surface area contributed by atoms with Gasteiger partial charge in [-0.15, -0.1) is 10.2 Å². The van der Waals surface area contributed by atoms with Crippen molar-refractivity contribution in [3.05, 3.63) is 89.5 Å². The summed E-state index contributed by atoms with van der Waals surface area (Å²) >= 11 is 0. The van der Waals surface area contributed by atoms with Gasteiger partial charge in [-0.1, -0.05) is 18.2 Å². The minimum Gasteiger partial charge on any atom is -0.508 e. The highest BCUT2D eigenvalue weighted by Crippen LogP contribution is 2.33. The molecule has 1 aromatic heterocycles. The van der Waals surface area contributed by atoms with Crippen LogP contribution in [-0.2, 0) is 6.67 Å². The lowest BCUT2D eigenvalue weighted by Gasteiger charge is -2.15. The molecule has 0 saturated carbocycles. The van der Waals surface area contributed by atoms with E-state index >= 15 is 0 Å². The van der Waals surface area contributed by atoms with E-state index in [2.05, 4.69) is 15.5 Å². The normalized spacial score (nSPS) is 11.9. The van der Waals surface area contributed by atoms with Gasteiger partial charge in [0.05, 0.1) is 12.2 Å². The maximum Gasteiger partial charge on any atom is 0.335 e. The van der Waals surface area contributed by atoms with Crippen LogP contribution in [0.1, 0.15) is 37.9 Å². The number of aliphatic hydroxyl groups is 1. The molecule has 156 valence electrons. The van der Waals surface area contributed by atoms with Crippen molar-refractivity contribution < 1.29 is 24.9 Å². The summed E-state index contributed by atoms with van der Waals surface area (Å²) in [5.74, 6) is -1.47. The SMILES string of the molecule is O=C(O)c1ccc(C(O)c2cc3cc(C(=O)NCn4cnnc4)ccc3cc2O)cc1. The number of hydrogen-bond donors (Lipinski definition) is 4. The van der Waals surface area contributed by atoms with Gasteiger partial charge < -0.3 is 25.2 Å². The van der Waals surface area contributed by atoms with E-state index in [9.17, 15) is 19.8 Å². The average Bonchev–Trinajstić information content (AvgIpc) is 3.30. The largest absolute Gasteiger partial charge is 0.508 e. The summed E-state index contributed by atoms with van der Waals surface area (Å²) in [5.41, 5.74) is 1.19. The first kappa shape index (κ1) is 20.0. The third-order valence-corrected chi connectivity index (χ3v) is 4.90. The van der Waals surface area contributed by atoms with Gasteiger partial charge in [0.2, 0.25) is 0 Å². The van der Waals surface area contributed by atoms with Crippen molar-refractivity contribution in [2.24, 2.45) is 0 Å². The Morgan fingerprint density at radius 1 is 0.935 bits per heavy atom. The number of phenols is 1. The van der Waals surface area contributed by atoms with Crippen LogP contribution in [0.25, 0.3) is 10.8 Å². The number of aliphatic hydroxyl groups excluding tert-OH is 1. The Balaban J connectivity index is 1.61. The summed E-state index contributed by atoms with van der Waals surface area (Å²) in [7, 11) is 0. The van der Waals surface area contributed by atoms with E-state index < -0.39 is 12.1 Å². The van der Waals surface area contributed by atoms with Crippen molar-refractivity contribution in [1.29, 1.82) is 0 Å². The molecule has 1 heterocycles. The van der Waals surface area contributed by atoms with Gasteiger partial charge in [0, 0.05) is 11.1 Å². The molecule has 4 rings (SSSR count). The first-order valence-corrected chi connectivity index (χ1v) is 9.31. The molecule has 0 bridgehead atoms. The zero-order chi connectivity index (χ0) is 22.0. The van der Waals surface area contributed by atoms with Crippen molar-refractivity contribution in [3.8, 4) is 5.75 Å². The van der Waals surface area contributed by atoms with E-state index in [0.717, 1.165) is 0 Å². The molecule has 0 radical (unpaired) electrons. The lowest BCUT2D eigenvalue weighted by molar-refractivity contribution is 0.0696. The quantitative estimate of drug-likeness (QED) is 0.377. The predicted molar refractivity (Wildman–Crippen MR) is 111 cm³/mol. The summed E-state index contributed by atoms with van der Waals surface area (Å²) in [4.78, 5) is 23.5. The zero-order valence-corrected chi connectivity index (χ0v) is 16.1. The highest BCUT2D eigenvalue weighted by Gasteiger charge is 2.17. The van der Waals surface area contributed by atoms with E-state index in [1.807, 2.05) is 0 Å². The molecule has 3 aromatic carbocycles. The molecule has 4 N–H and O–H groups in total. The number of aromatic hydroxyl groups is 1. The maximum absolute atomic E-state index is 12.5. The van der Waals surface area contributed by atoms with Crippen LogP contribution >= 0.6 is 0 Å². The van der Waals surface area contributed by atoms with E-state index in [0.29, 0.717) is 21.9 Å². The molecular weight excluding hydrogens is 400 g/mol. The molecule has 4 aromatic rings. The van der Waals surface area contributed by atoms with E-state index in [1.165, 1.54) is 43.0 Å². The number of fused-ring (bicyclic) bond motifs is 1. The van der Waals surface area contributed by atoms with Gasteiger partial charge in [0.25, 0.3) is 5.91 Å². The van der Waals surface area contributed by atoms with Crippen LogP contribution in [0.3, 0.4) is 0 Å². The van der Waals surface area contributed by atoms with Crippen molar-refractivity contribution in [2.75, 3.05) is 0 Å². The van der Waals surface area contributed by atoms with Gasteiger partial charge in [-0.05, 0) is 52.7 Å². The van der Waals surface area contributed by atoms with Gasteiger partial charge in [0.15, 0.2) is 0 Å². The maximum atomic E-state index is 12.5. The van der Waals surface area contributed by atoms with Gasteiger partial charge in [0.1, 0.15) is 24.5 Å². The monoisotopic (exact) mass is 418 g/mol. The Kier molecular flexibility index (Phi) is 5.33. The van der Waals surface area contributed by atoms with Crippen molar-refractivity contribution >= 4 is 22.6 Å². The van der Waals surface area contributed by atoms with Crippen LogP contribution in [0, 0.1) is 0 Å². The molecule has 31 heavy (non-hydrogen) atoms. The fourth-order valence-electron chi connectivity index (χ4n) is 3.22. The summed E-state index contributed by atoms with van der Waals surface area (Å²) in [6, 6.07) is 13.9. The van der Waals surface area contributed by atoms with Crippen molar-refractivity contribution in [3.63, 3.8) is 0 Å². The number of amides is 1. The Labute approximate surface area is 176 Å². The number of rotatable bonds is 6. The molecule has 9 heteroatoms. The lowest BCUT2D eigenvalue weighted by atomic mass is 9.96. The van der Waals surface area contributed by atoms with Crippen LogP contribution < -0.4 is 5.32 Å². The molecule has 0 fully saturated rings. The van der Waals surface area contributed by atoms with Gasteiger partial charge in [-0.25, -0.2) is 4.79 Å². The van der Waals surface area contributed by atoms with Gasteiger partial charge in [-0.2, -0.15) is 0 Å². The average molecular weight is 418 g/mol. The van der Waals surface area contributed by atoms with Gasteiger partial charge >= 0.3 is 5.97 Å². The van der Waals surface area contributed by atoms with Crippen LogP contribution in [0.4, 0.5) is 0 Å². The number of carboxylic acids is 1. The van der Waals surface area contributed by atoms with Crippen LogP contribution in [0.2, 0.25) is 0 Å². The highest BCUT2D eigenvalue weighted by atomic mass is 16.4. The fraction of sp³-hybridized carbons (Fsp3) is 0.0909. The Morgan fingerprint density at radius 3 is 2.29 bits per heavy atom. The molecule has 0 aliphatic heterocycles. The molecule has 0 saturated heterocycles. The van der Waals surface area contributed by atoms with Crippen LogP contribution in [0.15, 0.2) is 67.3 Å².